The molecule has 3 rings (SSSR count). The van der Waals surface area contributed by atoms with Crippen LogP contribution in [-0.2, 0) is 0 Å². The van der Waals surface area contributed by atoms with Crippen molar-refractivity contribution in [2.24, 2.45) is 0 Å². The van der Waals surface area contributed by atoms with Crippen LogP contribution in [0.2, 0.25) is 5.15 Å². The Kier molecular flexibility index (Phi) is 2.66. The Morgan fingerprint density at radius 3 is 3.00 bits per heavy atom. The minimum absolute atomic E-state index is 0.513. The van der Waals surface area contributed by atoms with Crippen LogP contribution in [0.4, 0.5) is 10.8 Å². The average molecular weight is 262 g/mol. The number of fused-ring (bicyclic) bond motifs is 1. The first kappa shape index (κ1) is 10.5. The van der Waals surface area contributed by atoms with Gasteiger partial charge in [0.2, 0.25) is 0 Å². The summed E-state index contributed by atoms with van der Waals surface area (Å²) in [5.41, 5.74) is 1.01. The monoisotopic (exact) mass is 261 g/mol. The lowest BCUT2D eigenvalue weighted by Gasteiger charge is -2.06. The average Bonchev–Trinajstić information content (AvgIpc) is 2.75. The number of rotatable bonds is 2. The Labute approximate surface area is 107 Å². The van der Waals surface area contributed by atoms with Crippen molar-refractivity contribution < 1.29 is 0 Å². The van der Waals surface area contributed by atoms with Gasteiger partial charge in [-0.05, 0) is 12.1 Å². The van der Waals surface area contributed by atoms with Gasteiger partial charge >= 0.3 is 0 Å². The Bertz CT molecular complexity index is 660. The lowest BCUT2D eigenvalue weighted by molar-refractivity contribution is 1.36. The molecule has 0 radical (unpaired) electrons. The highest BCUT2D eigenvalue weighted by Gasteiger charge is 2.03. The Morgan fingerprint density at radius 1 is 1.24 bits per heavy atom. The van der Waals surface area contributed by atoms with E-state index in [1.165, 1.54) is 11.3 Å². The first-order valence-electron chi connectivity index (χ1n) is 5.04. The number of thiazole rings is 1. The van der Waals surface area contributed by atoms with Crippen LogP contribution in [-0.4, -0.2) is 9.97 Å². The molecule has 3 aromatic rings. The highest BCUT2D eigenvalue weighted by Crippen LogP contribution is 2.28. The Morgan fingerprint density at radius 2 is 2.18 bits per heavy atom. The van der Waals surface area contributed by atoms with Gasteiger partial charge in [-0.25, -0.2) is 4.98 Å². The maximum absolute atomic E-state index is 5.79. The van der Waals surface area contributed by atoms with Gasteiger partial charge in [0.25, 0.3) is 0 Å². The van der Waals surface area contributed by atoms with Crippen molar-refractivity contribution in [3.63, 3.8) is 0 Å². The molecule has 0 aliphatic rings. The summed E-state index contributed by atoms with van der Waals surface area (Å²) in [4.78, 5) is 8.27. The first-order chi connectivity index (χ1) is 8.33. The van der Waals surface area contributed by atoms with Crippen molar-refractivity contribution in [1.82, 2.24) is 9.97 Å². The van der Waals surface area contributed by atoms with Gasteiger partial charge in [0.1, 0.15) is 5.15 Å². The molecule has 0 unspecified atom stereocenters. The van der Waals surface area contributed by atoms with Crippen molar-refractivity contribution in [3.8, 4) is 0 Å². The summed E-state index contributed by atoms with van der Waals surface area (Å²) < 4.78 is 0. The molecule has 0 amide bonds. The van der Waals surface area contributed by atoms with Gasteiger partial charge in [0, 0.05) is 34.2 Å². The molecule has 0 fully saturated rings. The van der Waals surface area contributed by atoms with Crippen molar-refractivity contribution in [1.29, 1.82) is 0 Å². The van der Waals surface area contributed by atoms with Crippen LogP contribution >= 0.6 is 22.9 Å². The SMILES string of the molecule is Clc1csc(Nc2cccc3cnccc23)n1. The molecule has 0 bridgehead atoms. The second-order valence-corrected chi connectivity index (χ2v) is 4.75. The smallest absolute Gasteiger partial charge is 0.188 e. The number of anilines is 2. The van der Waals surface area contributed by atoms with E-state index in [0.717, 1.165) is 21.6 Å². The van der Waals surface area contributed by atoms with E-state index in [1.807, 2.05) is 30.5 Å². The van der Waals surface area contributed by atoms with Crippen LogP contribution in [0.15, 0.2) is 42.0 Å². The van der Waals surface area contributed by atoms with Crippen molar-refractivity contribution >= 4 is 44.5 Å². The lowest BCUT2D eigenvalue weighted by Crippen LogP contribution is -1.90. The van der Waals surface area contributed by atoms with Crippen LogP contribution in [0.3, 0.4) is 0 Å². The third-order valence-electron chi connectivity index (χ3n) is 2.40. The minimum atomic E-state index is 0.513. The molecule has 0 aliphatic carbocycles. The van der Waals surface area contributed by atoms with Crippen LogP contribution in [0.25, 0.3) is 10.8 Å². The maximum atomic E-state index is 5.79. The minimum Gasteiger partial charge on any atom is -0.331 e. The Hall–Kier alpha value is -1.65. The van der Waals surface area contributed by atoms with Crippen LogP contribution < -0.4 is 5.32 Å². The van der Waals surface area contributed by atoms with Gasteiger partial charge in [-0.1, -0.05) is 23.7 Å². The molecule has 0 saturated heterocycles. The zero-order chi connectivity index (χ0) is 11.7. The summed E-state index contributed by atoms with van der Waals surface area (Å²) in [6, 6.07) is 8.01. The number of nitrogens with zero attached hydrogens (tertiary/aromatic N) is 2. The summed E-state index contributed by atoms with van der Waals surface area (Å²) in [5.74, 6) is 0. The van der Waals surface area contributed by atoms with E-state index < -0.39 is 0 Å². The molecule has 2 heterocycles. The second kappa shape index (κ2) is 4.31. The van der Waals surface area contributed by atoms with Gasteiger partial charge in [-0.15, -0.1) is 11.3 Å². The molecule has 84 valence electrons. The number of hydrogen-bond acceptors (Lipinski definition) is 4. The standard InChI is InChI=1S/C12H8ClN3S/c13-11-7-17-12(16-11)15-10-3-1-2-8-6-14-5-4-9(8)10/h1-7H,(H,15,16). The second-order valence-electron chi connectivity index (χ2n) is 3.50. The van der Waals surface area contributed by atoms with E-state index in [9.17, 15) is 0 Å². The largest absolute Gasteiger partial charge is 0.331 e. The molecular weight excluding hydrogens is 254 g/mol. The zero-order valence-corrected chi connectivity index (χ0v) is 10.3. The molecule has 5 heteroatoms. The predicted octanol–water partition coefficient (Wildman–Crippen LogP) is 4.09. The van der Waals surface area contributed by atoms with Crippen LogP contribution in [0, 0.1) is 0 Å². The lowest BCUT2D eigenvalue weighted by atomic mass is 10.1. The fraction of sp³-hybridized carbons (Fsp3) is 0. The van der Waals surface area contributed by atoms with Crippen LogP contribution in [0.5, 0.6) is 0 Å². The summed E-state index contributed by atoms with van der Waals surface area (Å²) in [6.45, 7) is 0. The molecule has 0 saturated carbocycles. The molecule has 0 aliphatic heterocycles. The quantitative estimate of drug-likeness (QED) is 0.755. The molecule has 0 atom stereocenters. The van der Waals surface area contributed by atoms with E-state index >= 15 is 0 Å². The number of aromatic nitrogens is 2. The van der Waals surface area contributed by atoms with E-state index in [-0.39, 0.29) is 0 Å². The highest BCUT2D eigenvalue weighted by molar-refractivity contribution is 7.14. The fourth-order valence-electron chi connectivity index (χ4n) is 1.66. The summed E-state index contributed by atoms with van der Waals surface area (Å²) in [6.07, 6.45) is 3.62. The zero-order valence-electron chi connectivity index (χ0n) is 8.72. The van der Waals surface area contributed by atoms with Crippen molar-refractivity contribution in [2.45, 2.75) is 0 Å². The van der Waals surface area contributed by atoms with E-state index in [1.54, 1.807) is 11.6 Å². The molecular formula is C12H8ClN3S. The number of pyridine rings is 1. The predicted molar refractivity (Wildman–Crippen MR) is 72.1 cm³/mol. The highest BCUT2D eigenvalue weighted by atomic mass is 35.5. The summed E-state index contributed by atoms with van der Waals surface area (Å²) >= 11 is 7.28. The third kappa shape index (κ3) is 2.09. The number of nitrogens with one attached hydrogen (secondary N) is 1. The number of hydrogen-bond donors (Lipinski definition) is 1. The Balaban J connectivity index is 2.05. The van der Waals surface area contributed by atoms with Gasteiger partial charge in [-0.3, -0.25) is 4.98 Å². The number of benzene rings is 1. The molecule has 17 heavy (non-hydrogen) atoms. The van der Waals surface area contributed by atoms with E-state index in [0.29, 0.717) is 5.15 Å². The summed E-state index contributed by atoms with van der Waals surface area (Å²) in [5, 5.41) is 8.59. The molecule has 3 nitrogen and oxygen atoms in total. The molecule has 1 N–H and O–H groups in total. The molecule has 0 spiro atoms. The van der Waals surface area contributed by atoms with Crippen LogP contribution in [0.1, 0.15) is 0 Å². The number of halogens is 1. The van der Waals surface area contributed by atoms with Gasteiger partial charge < -0.3 is 5.32 Å². The first-order valence-corrected chi connectivity index (χ1v) is 6.29. The van der Waals surface area contributed by atoms with E-state index in [2.05, 4.69) is 15.3 Å². The van der Waals surface area contributed by atoms with Crippen molar-refractivity contribution in [3.05, 3.63) is 47.2 Å². The third-order valence-corrected chi connectivity index (χ3v) is 3.48. The van der Waals surface area contributed by atoms with Gasteiger partial charge in [0.05, 0.1) is 0 Å². The normalized spacial score (nSPS) is 10.6. The molecule has 1 aromatic carbocycles. The van der Waals surface area contributed by atoms with Gasteiger partial charge in [0.15, 0.2) is 5.13 Å². The van der Waals surface area contributed by atoms with Crippen molar-refractivity contribution in [2.75, 3.05) is 5.32 Å². The summed E-state index contributed by atoms with van der Waals surface area (Å²) in [7, 11) is 0. The van der Waals surface area contributed by atoms with Gasteiger partial charge in [-0.2, -0.15) is 0 Å². The topological polar surface area (TPSA) is 37.8 Å². The fourth-order valence-corrected chi connectivity index (χ4v) is 2.51. The molecule has 2 aromatic heterocycles. The maximum Gasteiger partial charge on any atom is 0.188 e. The van der Waals surface area contributed by atoms with E-state index in [4.69, 9.17) is 11.6 Å².